The van der Waals surface area contributed by atoms with Crippen LogP contribution in [-0.4, -0.2) is 87.6 Å². The van der Waals surface area contributed by atoms with Crippen molar-refractivity contribution >= 4 is 5.69 Å². The molecule has 2 atom stereocenters. The summed E-state index contributed by atoms with van der Waals surface area (Å²) in [5, 5.41) is 19.6. The fourth-order valence-electron chi connectivity index (χ4n) is 5.41. The highest BCUT2D eigenvalue weighted by molar-refractivity contribution is 5.64. The number of nitrogens with zero attached hydrogens (tertiary/aromatic N) is 4. The fourth-order valence-corrected chi connectivity index (χ4v) is 5.41. The average Bonchev–Trinajstić information content (AvgIpc) is 3.41. The zero-order chi connectivity index (χ0) is 26.0. The maximum absolute atomic E-state index is 14.4. The number of aromatic nitrogens is 3. The molecule has 7 nitrogen and oxygen atoms in total. The van der Waals surface area contributed by atoms with Gasteiger partial charge in [-0.3, -0.25) is 24.3 Å². The molecule has 37 heavy (non-hydrogen) atoms. The summed E-state index contributed by atoms with van der Waals surface area (Å²) >= 11 is 0. The van der Waals surface area contributed by atoms with Gasteiger partial charge in [0.25, 0.3) is 5.92 Å². The van der Waals surface area contributed by atoms with Gasteiger partial charge in [0.05, 0.1) is 49.1 Å². The predicted octanol–water partition coefficient (Wildman–Crippen LogP) is 3.89. The lowest BCUT2D eigenvalue weighted by Crippen LogP contribution is -2.54. The second-order valence-corrected chi connectivity index (χ2v) is 10.2. The van der Waals surface area contributed by atoms with Crippen molar-refractivity contribution in [3.05, 3.63) is 65.7 Å². The molecule has 2 aliphatic heterocycles. The van der Waals surface area contributed by atoms with Gasteiger partial charge in [0.2, 0.25) is 0 Å². The number of likely N-dealkylation sites (tertiary alicyclic amines) is 1. The summed E-state index contributed by atoms with van der Waals surface area (Å²) in [6.45, 7) is 2.37. The first-order valence-corrected chi connectivity index (χ1v) is 12.7. The van der Waals surface area contributed by atoms with Gasteiger partial charge in [0, 0.05) is 37.4 Å². The van der Waals surface area contributed by atoms with Crippen LogP contribution in [0.5, 0.6) is 0 Å². The number of nitrogens with one attached hydrogen (secondary N) is 2. The van der Waals surface area contributed by atoms with E-state index in [1.165, 1.54) is 0 Å². The molecule has 198 valence electrons. The number of halogens is 3. The third-order valence-corrected chi connectivity index (χ3v) is 7.33. The number of aromatic amines is 1. The Hall–Kier alpha value is -2.95. The highest BCUT2D eigenvalue weighted by atomic mass is 19.3. The Morgan fingerprint density at radius 3 is 2.68 bits per heavy atom. The topological polar surface area (TPSA) is 80.3 Å². The number of hydrogen-bond acceptors (Lipinski definition) is 6. The van der Waals surface area contributed by atoms with E-state index in [2.05, 4.69) is 26.5 Å². The lowest BCUT2D eigenvalue weighted by Gasteiger charge is -2.43. The lowest BCUT2D eigenvalue weighted by molar-refractivity contribution is -0.0865. The monoisotopic (exact) mass is 514 g/mol. The first kappa shape index (κ1) is 25.7. The average molecular weight is 515 g/mol. The Balaban J connectivity index is 1.40. The highest BCUT2D eigenvalue weighted by Gasteiger charge is 2.41. The lowest BCUT2D eigenvalue weighted by atomic mass is 9.85. The fraction of sp³-hybridized carbons (Fsp3) is 0.481. The van der Waals surface area contributed by atoms with E-state index < -0.39 is 25.1 Å². The minimum Gasteiger partial charge on any atom is -0.390 e. The summed E-state index contributed by atoms with van der Waals surface area (Å²) in [7, 11) is 0. The van der Waals surface area contributed by atoms with Crippen molar-refractivity contribution in [2.24, 2.45) is 0 Å². The number of benzene rings is 1. The van der Waals surface area contributed by atoms with Crippen LogP contribution in [0.3, 0.4) is 0 Å². The minimum absolute atomic E-state index is 0.181. The maximum atomic E-state index is 14.4. The number of aliphatic hydroxyl groups is 1. The summed E-state index contributed by atoms with van der Waals surface area (Å²) in [5.41, 5.74) is 5.56. The summed E-state index contributed by atoms with van der Waals surface area (Å²) in [4.78, 5) is 8.66. The Morgan fingerprint density at radius 2 is 2.00 bits per heavy atom. The van der Waals surface area contributed by atoms with Crippen LogP contribution < -0.4 is 5.32 Å². The molecule has 0 saturated carbocycles. The van der Waals surface area contributed by atoms with Gasteiger partial charge >= 0.3 is 0 Å². The van der Waals surface area contributed by atoms with Crippen molar-refractivity contribution in [2.75, 3.05) is 44.8 Å². The largest absolute Gasteiger partial charge is 0.390 e. The van der Waals surface area contributed by atoms with Crippen molar-refractivity contribution in [2.45, 2.75) is 43.8 Å². The molecule has 2 aromatic heterocycles. The smallest absolute Gasteiger partial charge is 0.283 e. The second kappa shape index (κ2) is 10.8. The first-order chi connectivity index (χ1) is 17.9. The minimum atomic E-state index is -3.22. The van der Waals surface area contributed by atoms with Crippen LogP contribution in [0.2, 0.25) is 0 Å². The number of pyridine rings is 1. The van der Waals surface area contributed by atoms with Gasteiger partial charge in [0.1, 0.15) is 6.61 Å². The van der Waals surface area contributed by atoms with E-state index in [0.29, 0.717) is 18.5 Å². The molecule has 2 aliphatic rings. The van der Waals surface area contributed by atoms with Gasteiger partial charge in [-0.25, -0.2) is 8.78 Å². The van der Waals surface area contributed by atoms with Gasteiger partial charge in [-0.15, -0.1) is 0 Å². The van der Waals surface area contributed by atoms with E-state index >= 15 is 0 Å². The van der Waals surface area contributed by atoms with Gasteiger partial charge in [-0.1, -0.05) is 18.2 Å². The standard InChI is InChI=1S/C27H33F3N6O/c1-18-9-20-10-19(21-11-32-33-12-21)3-5-24(20)26(36(18)16-27(29,30)17-37)25-6-4-22(13-31-25)34-23-14-35(15-23)8-2-7-28/h3-6,10-13,18,23,26,34,37H,2,7-9,14-17H2,1H3,(H,32,33)/t18-,26+/m1/s1. The Bertz CT molecular complexity index is 1170. The molecule has 1 fully saturated rings. The highest BCUT2D eigenvalue weighted by Crippen LogP contribution is 2.40. The van der Waals surface area contributed by atoms with Crippen LogP contribution in [-0.2, 0) is 6.42 Å². The van der Waals surface area contributed by atoms with Crippen molar-refractivity contribution < 1.29 is 18.3 Å². The van der Waals surface area contributed by atoms with E-state index in [1.807, 2.05) is 37.4 Å². The van der Waals surface area contributed by atoms with Crippen LogP contribution in [0.15, 0.2) is 48.9 Å². The van der Waals surface area contributed by atoms with Crippen molar-refractivity contribution in [3.63, 3.8) is 0 Å². The molecular formula is C27H33F3N6O. The molecule has 0 spiro atoms. The van der Waals surface area contributed by atoms with Crippen molar-refractivity contribution in [1.29, 1.82) is 0 Å². The van der Waals surface area contributed by atoms with Crippen LogP contribution in [0, 0.1) is 0 Å². The molecule has 0 bridgehead atoms. The van der Waals surface area contributed by atoms with Crippen LogP contribution in [0.4, 0.5) is 18.9 Å². The number of aliphatic hydroxyl groups excluding tert-OH is 1. The number of H-pyrrole nitrogens is 1. The van der Waals surface area contributed by atoms with Gasteiger partial charge in [-0.05, 0) is 48.6 Å². The Labute approximate surface area is 214 Å². The van der Waals surface area contributed by atoms with E-state index in [9.17, 15) is 18.3 Å². The summed E-state index contributed by atoms with van der Waals surface area (Å²) < 4.78 is 41.2. The zero-order valence-electron chi connectivity index (χ0n) is 20.9. The molecule has 0 unspecified atom stereocenters. The van der Waals surface area contributed by atoms with Gasteiger partial charge < -0.3 is 10.4 Å². The number of hydrogen-bond donors (Lipinski definition) is 3. The van der Waals surface area contributed by atoms with Gasteiger partial charge in [-0.2, -0.15) is 5.10 Å². The quantitative estimate of drug-likeness (QED) is 0.381. The Kier molecular flexibility index (Phi) is 7.50. The Morgan fingerprint density at radius 1 is 1.16 bits per heavy atom. The number of rotatable bonds is 10. The summed E-state index contributed by atoms with van der Waals surface area (Å²) in [6.07, 6.45) is 6.50. The molecule has 3 aromatic rings. The number of alkyl halides is 3. The maximum Gasteiger partial charge on any atom is 0.283 e. The summed E-state index contributed by atoms with van der Waals surface area (Å²) in [6, 6.07) is 9.54. The molecule has 4 heterocycles. The SMILES string of the molecule is C[C@@H]1Cc2cc(-c3cn[nH]c3)ccc2[C@@H](c2ccc(NC3CN(CCCF)C3)cn2)N1CC(F)(F)CO. The third kappa shape index (κ3) is 5.66. The molecule has 3 N–H and O–H groups in total. The number of anilines is 1. The van der Waals surface area contributed by atoms with Crippen LogP contribution in [0.25, 0.3) is 11.1 Å². The number of fused-ring (bicyclic) bond motifs is 1. The third-order valence-electron chi connectivity index (χ3n) is 7.33. The molecule has 1 aromatic carbocycles. The van der Waals surface area contributed by atoms with E-state index in [1.54, 1.807) is 17.3 Å². The van der Waals surface area contributed by atoms with Crippen LogP contribution in [0.1, 0.15) is 36.2 Å². The van der Waals surface area contributed by atoms with Crippen molar-refractivity contribution in [3.8, 4) is 11.1 Å². The van der Waals surface area contributed by atoms with Gasteiger partial charge in [0.15, 0.2) is 0 Å². The first-order valence-electron chi connectivity index (χ1n) is 12.7. The molecule has 0 radical (unpaired) electrons. The normalized spacial score (nSPS) is 21.0. The van der Waals surface area contributed by atoms with E-state index in [0.717, 1.165) is 47.6 Å². The van der Waals surface area contributed by atoms with E-state index in [-0.39, 0.29) is 18.8 Å². The second-order valence-electron chi connectivity index (χ2n) is 10.2. The molecule has 10 heteroatoms. The van der Waals surface area contributed by atoms with Crippen LogP contribution >= 0.6 is 0 Å². The molecule has 5 rings (SSSR count). The summed E-state index contributed by atoms with van der Waals surface area (Å²) in [5.74, 6) is -3.22. The molecule has 0 aliphatic carbocycles. The zero-order valence-corrected chi connectivity index (χ0v) is 20.9. The molecule has 0 amide bonds. The van der Waals surface area contributed by atoms with Crippen molar-refractivity contribution in [1.82, 2.24) is 25.0 Å². The predicted molar refractivity (Wildman–Crippen MR) is 136 cm³/mol. The molecular weight excluding hydrogens is 481 g/mol. The van der Waals surface area contributed by atoms with E-state index in [4.69, 9.17) is 4.98 Å². The molecule has 1 saturated heterocycles.